The molecule has 2 aromatic rings. The molecule has 0 aliphatic heterocycles. The lowest BCUT2D eigenvalue weighted by Crippen LogP contribution is -2.40. The molecule has 1 aromatic heterocycles. The van der Waals surface area contributed by atoms with Gasteiger partial charge in [0.15, 0.2) is 5.82 Å². The number of sulfonamides is 1. The van der Waals surface area contributed by atoms with Crippen molar-refractivity contribution in [2.75, 3.05) is 18.4 Å². The molecule has 1 amide bonds. The fourth-order valence-electron chi connectivity index (χ4n) is 3.13. The average Bonchev–Trinajstić information content (AvgIpc) is 2.89. The Bertz CT molecular complexity index is 909. The lowest BCUT2D eigenvalue weighted by Gasteiger charge is -2.25. The van der Waals surface area contributed by atoms with Crippen molar-refractivity contribution in [1.82, 2.24) is 9.46 Å². The van der Waals surface area contributed by atoms with Gasteiger partial charge in [-0.1, -0.05) is 36.7 Å². The molecule has 0 saturated heterocycles. The molecule has 0 saturated carbocycles. The zero-order valence-corrected chi connectivity index (χ0v) is 17.5. The Hall–Kier alpha value is -2.19. The fraction of sp³-hybridized carbons (Fsp3) is 0.474. The summed E-state index contributed by atoms with van der Waals surface area (Å²) in [5, 5.41) is 6.29. The number of benzene rings is 1. The molecule has 0 atom stereocenters. The predicted molar refractivity (Wildman–Crippen MR) is 104 cm³/mol. The first kappa shape index (κ1) is 21.1. The molecular weight excluding hydrogens is 366 g/mol. The zero-order valence-electron chi connectivity index (χ0n) is 16.7. The minimum absolute atomic E-state index is 0.0629. The normalized spacial score (nSPS) is 12.0. The third-order valence-electron chi connectivity index (χ3n) is 3.99. The van der Waals surface area contributed by atoms with E-state index in [1.54, 1.807) is 26.8 Å². The summed E-state index contributed by atoms with van der Waals surface area (Å²) in [5.74, 6) is 0.424. The number of aryl methyl sites for hydroxylation is 4. The van der Waals surface area contributed by atoms with E-state index in [9.17, 15) is 13.2 Å². The maximum Gasteiger partial charge on any atom is 0.244 e. The molecule has 0 spiro atoms. The molecule has 7 nitrogen and oxygen atoms in total. The Kier molecular flexibility index (Phi) is 6.43. The summed E-state index contributed by atoms with van der Waals surface area (Å²) in [4.78, 5) is 12.7. The highest BCUT2D eigenvalue weighted by molar-refractivity contribution is 7.89. The average molecular weight is 394 g/mol. The Morgan fingerprint density at radius 1 is 1.15 bits per heavy atom. The fourth-order valence-corrected chi connectivity index (χ4v) is 5.10. The van der Waals surface area contributed by atoms with Crippen LogP contribution in [0, 0.1) is 33.6 Å². The lowest BCUT2D eigenvalue weighted by atomic mass is 10.1. The monoisotopic (exact) mass is 393 g/mol. The number of hydrogen-bond donors (Lipinski definition) is 1. The molecule has 8 heteroatoms. The van der Waals surface area contributed by atoms with Crippen molar-refractivity contribution in [3.63, 3.8) is 0 Å². The standard InChI is InChI=1S/C19H27N3O4S/c1-12(2)10-22(11-18(23)20-17-9-16(6)26-21-17)27(24,25)19-14(4)7-13(3)8-15(19)5/h7-9,12H,10-11H2,1-6H3,(H,20,21,23). The second-order valence-electron chi connectivity index (χ2n) is 7.29. The summed E-state index contributed by atoms with van der Waals surface area (Å²) in [5.41, 5.74) is 2.35. The van der Waals surface area contributed by atoms with Crippen molar-refractivity contribution >= 4 is 21.7 Å². The van der Waals surface area contributed by atoms with Crippen LogP contribution in [-0.2, 0) is 14.8 Å². The van der Waals surface area contributed by atoms with E-state index in [4.69, 9.17) is 4.52 Å². The summed E-state index contributed by atoms with van der Waals surface area (Å²) in [6.07, 6.45) is 0. The summed E-state index contributed by atoms with van der Waals surface area (Å²) in [7, 11) is -3.83. The second kappa shape index (κ2) is 8.22. The Balaban J connectivity index is 2.33. The van der Waals surface area contributed by atoms with Crippen LogP contribution in [0.5, 0.6) is 0 Å². The Morgan fingerprint density at radius 2 is 1.74 bits per heavy atom. The molecule has 148 valence electrons. The first-order valence-corrected chi connectivity index (χ1v) is 10.3. The van der Waals surface area contributed by atoms with Gasteiger partial charge in [-0.25, -0.2) is 8.42 Å². The van der Waals surface area contributed by atoms with Gasteiger partial charge in [0.2, 0.25) is 15.9 Å². The van der Waals surface area contributed by atoms with Crippen molar-refractivity contribution in [3.05, 3.63) is 40.6 Å². The van der Waals surface area contributed by atoms with Crippen LogP contribution in [0.1, 0.15) is 36.3 Å². The van der Waals surface area contributed by atoms with Gasteiger partial charge < -0.3 is 9.84 Å². The van der Waals surface area contributed by atoms with Crippen LogP contribution in [0.4, 0.5) is 5.82 Å². The molecule has 0 unspecified atom stereocenters. The number of anilines is 1. The molecule has 0 radical (unpaired) electrons. The van der Waals surface area contributed by atoms with Crippen LogP contribution in [0.3, 0.4) is 0 Å². The van der Waals surface area contributed by atoms with E-state index in [0.29, 0.717) is 16.9 Å². The largest absolute Gasteiger partial charge is 0.360 e. The number of nitrogens with zero attached hydrogens (tertiary/aromatic N) is 2. The van der Waals surface area contributed by atoms with E-state index in [1.165, 1.54) is 4.31 Å². The smallest absolute Gasteiger partial charge is 0.244 e. The summed E-state index contributed by atoms with van der Waals surface area (Å²) in [6.45, 7) is 11.0. The van der Waals surface area contributed by atoms with E-state index in [-0.39, 0.29) is 29.7 Å². The number of rotatable bonds is 7. The molecular formula is C19H27N3O4S. The van der Waals surface area contributed by atoms with E-state index in [0.717, 1.165) is 5.56 Å². The van der Waals surface area contributed by atoms with Gasteiger partial charge in [-0.05, 0) is 44.7 Å². The molecule has 0 fully saturated rings. The minimum Gasteiger partial charge on any atom is -0.360 e. The van der Waals surface area contributed by atoms with Gasteiger partial charge in [-0.2, -0.15) is 4.31 Å². The highest BCUT2D eigenvalue weighted by atomic mass is 32.2. The number of nitrogens with one attached hydrogen (secondary N) is 1. The first-order valence-electron chi connectivity index (χ1n) is 8.82. The second-order valence-corrected chi connectivity index (χ2v) is 9.17. The molecule has 1 aromatic carbocycles. The van der Waals surface area contributed by atoms with Crippen LogP contribution >= 0.6 is 0 Å². The third kappa shape index (κ3) is 5.17. The summed E-state index contributed by atoms with van der Waals surface area (Å²) < 4.78 is 32.8. The zero-order chi connectivity index (χ0) is 20.4. The lowest BCUT2D eigenvalue weighted by molar-refractivity contribution is -0.116. The van der Waals surface area contributed by atoms with E-state index in [2.05, 4.69) is 10.5 Å². The van der Waals surface area contributed by atoms with Gasteiger partial charge in [-0.3, -0.25) is 4.79 Å². The van der Waals surface area contributed by atoms with Crippen LogP contribution in [-0.4, -0.2) is 36.9 Å². The van der Waals surface area contributed by atoms with Gasteiger partial charge in [-0.15, -0.1) is 0 Å². The first-order chi connectivity index (χ1) is 12.5. The maximum absolute atomic E-state index is 13.3. The van der Waals surface area contributed by atoms with E-state index >= 15 is 0 Å². The number of amides is 1. The van der Waals surface area contributed by atoms with Crippen LogP contribution < -0.4 is 5.32 Å². The van der Waals surface area contributed by atoms with E-state index < -0.39 is 15.9 Å². The highest BCUT2D eigenvalue weighted by Crippen LogP contribution is 2.26. The molecule has 27 heavy (non-hydrogen) atoms. The van der Waals surface area contributed by atoms with Crippen molar-refractivity contribution in [1.29, 1.82) is 0 Å². The molecule has 0 aliphatic carbocycles. The summed E-state index contributed by atoms with van der Waals surface area (Å²) >= 11 is 0. The number of hydrogen-bond acceptors (Lipinski definition) is 5. The van der Waals surface area contributed by atoms with Crippen molar-refractivity contribution in [2.24, 2.45) is 5.92 Å². The SMILES string of the molecule is Cc1cc(C)c(S(=O)(=O)N(CC(=O)Nc2cc(C)on2)CC(C)C)c(C)c1. The van der Waals surface area contributed by atoms with Crippen molar-refractivity contribution < 1.29 is 17.7 Å². The molecule has 1 N–H and O–H groups in total. The third-order valence-corrected chi connectivity index (χ3v) is 6.10. The van der Waals surface area contributed by atoms with Crippen LogP contribution in [0.25, 0.3) is 0 Å². The minimum atomic E-state index is -3.83. The number of carbonyl (C=O) groups is 1. The van der Waals surface area contributed by atoms with Gasteiger partial charge >= 0.3 is 0 Å². The van der Waals surface area contributed by atoms with Crippen molar-refractivity contribution in [3.8, 4) is 0 Å². The Morgan fingerprint density at radius 3 is 2.22 bits per heavy atom. The highest BCUT2D eigenvalue weighted by Gasteiger charge is 2.30. The molecule has 1 heterocycles. The van der Waals surface area contributed by atoms with Gasteiger partial charge in [0.25, 0.3) is 0 Å². The van der Waals surface area contributed by atoms with Gasteiger partial charge in [0.1, 0.15) is 5.76 Å². The van der Waals surface area contributed by atoms with Crippen LogP contribution in [0.15, 0.2) is 27.6 Å². The van der Waals surface area contributed by atoms with Crippen molar-refractivity contribution in [2.45, 2.75) is 46.4 Å². The summed E-state index contributed by atoms with van der Waals surface area (Å²) in [6, 6.07) is 5.25. The van der Waals surface area contributed by atoms with Gasteiger partial charge in [0, 0.05) is 12.6 Å². The Labute approximate surface area is 160 Å². The van der Waals surface area contributed by atoms with E-state index in [1.807, 2.05) is 32.9 Å². The maximum atomic E-state index is 13.3. The quantitative estimate of drug-likeness (QED) is 0.780. The predicted octanol–water partition coefficient (Wildman–Crippen LogP) is 3.19. The topological polar surface area (TPSA) is 92.5 Å². The van der Waals surface area contributed by atoms with Crippen LogP contribution in [0.2, 0.25) is 0 Å². The van der Waals surface area contributed by atoms with Gasteiger partial charge in [0.05, 0.1) is 11.4 Å². The molecule has 2 rings (SSSR count). The number of aromatic nitrogens is 1. The molecule has 0 aliphatic rings. The molecule has 0 bridgehead atoms. The number of carbonyl (C=O) groups excluding carboxylic acids is 1.